The lowest BCUT2D eigenvalue weighted by Gasteiger charge is -2.16. The lowest BCUT2D eigenvalue weighted by Crippen LogP contribution is -2.36. The molecule has 0 saturated carbocycles. The molecule has 26 heavy (non-hydrogen) atoms. The zero-order valence-corrected chi connectivity index (χ0v) is 13.9. The quantitative estimate of drug-likeness (QED) is 0.853. The molecule has 0 spiro atoms. The maximum absolute atomic E-state index is 13.0. The summed E-state index contributed by atoms with van der Waals surface area (Å²) in [4.78, 5) is 26.5. The minimum atomic E-state index is -0.728. The molecule has 1 saturated heterocycles. The van der Waals surface area contributed by atoms with Gasteiger partial charge in [-0.3, -0.25) is 9.59 Å². The minimum absolute atomic E-state index is 0.195. The van der Waals surface area contributed by atoms with E-state index in [9.17, 15) is 14.0 Å². The Labute approximate surface area is 149 Å². The second-order valence-corrected chi connectivity index (χ2v) is 6.21. The number of amides is 2. The fraction of sp³-hybridized carbons (Fsp3) is 0.263. The Kier molecular flexibility index (Phi) is 4.20. The number of ether oxygens (including phenoxy) is 2. The van der Waals surface area contributed by atoms with Gasteiger partial charge in [-0.1, -0.05) is 6.07 Å². The van der Waals surface area contributed by atoms with Gasteiger partial charge in [-0.2, -0.15) is 0 Å². The van der Waals surface area contributed by atoms with Crippen molar-refractivity contribution in [2.75, 3.05) is 18.2 Å². The van der Waals surface area contributed by atoms with Crippen molar-refractivity contribution in [3.63, 3.8) is 0 Å². The van der Waals surface area contributed by atoms with Crippen LogP contribution in [0.1, 0.15) is 12.0 Å². The van der Waals surface area contributed by atoms with Gasteiger partial charge in [-0.15, -0.1) is 0 Å². The van der Waals surface area contributed by atoms with Crippen LogP contribution in [0.15, 0.2) is 42.5 Å². The molecule has 0 aromatic heterocycles. The summed E-state index contributed by atoms with van der Waals surface area (Å²) in [6.07, 6.45) is 0.434. The Morgan fingerprint density at radius 1 is 1.15 bits per heavy atom. The molecule has 0 bridgehead atoms. The third-order valence-corrected chi connectivity index (χ3v) is 4.56. The molecule has 134 valence electrons. The molecule has 4 rings (SSSR count). The van der Waals surface area contributed by atoms with E-state index in [-0.39, 0.29) is 24.4 Å². The molecule has 1 atom stereocenters. The highest BCUT2D eigenvalue weighted by atomic mass is 19.1. The maximum Gasteiger partial charge on any atom is 0.239 e. The third-order valence-electron chi connectivity index (χ3n) is 4.56. The fourth-order valence-electron chi connectivity index (χ4n) is 3.16. The normalized spacial score (nSPS) is 18.3. The van der Waals surface area contributed by atoms with E-state index in [4.69, 9.17) is 9.47 Å². The molecule has 2 aromatic rings. The van der Waals surface area contributed by atoms with Crippen LogP contribution in [-0.4, -0.2) is 25.2 Å². The van der Waals surface area contributed by atoms with Crippen LogP contribution in [0.4, 0.5) is 10.1 Å². The van der Waals surface area contributed by atoms with Gasteiger partial charge in [0.05, 0.1) is 0 Å². The number of anilines is 1. The van der Waals surface area contributed by atoms with Crippen LogP contribution in [-0.2, 0) is 16.1 Å². The van der Waals surface area contributed by atoms with E-state index in [1.807, 2.05) is 12.1 Å². The van der Waals surface area contributed by atoms with E-state index >= 15 is 0 Å². The molecule has 2 aliphatic heterocycles. The van der Waals surface area contributed by atoms with Gasteiger partial charge in [0.2, 0.25) is 18.6 Å². The predicted octanol–water partition coefficient (Wildman–Crippen LogP) is 2.22. The first-order chi connectivity index (χ1) is 12.6. The summed E-state index contributed by atoms with van der Waals surface area (Å²) in [7, 11) is 0. The highest BCUT2D eigenvalue weighted by Crippen LogP contribution is 2.32. The number of hydrogen-bond acceptors (Lipinski definition) is 4. The number of nitrogens with zero attached hydrogens (tertiary/aromatic N) is 1. The van der Waals surface area contributed by atoms with Crippen molar-refractivity contribution >= 4 is 17.5 Å². The van der Waals surface area contributed by atoms with Crippen molar-refractivity contribution in [1.29, 1.82) is 0 Å². The van der Waals surface area contributed by atoms with Gasteiger partial charge < -0.3 is 19.7 Å². The molecular formula is C19H17FN2O4. The first-order valence-corrected chi connectivity index (χ1v) is 8.35. The second kappa shape index (κ2) is 6.67. The molecule has 0 radical (unpaired) electrons. The predicted molar refractivity (Wildman–Crippen MR) is 91.3 cm³/mol. The number of carbonyl (C=O) groups is 2. The van der Waals surface area contributed by atoms with Gasteiger partial charge in [-0.05, 0) is 48.4 Å². The lowest BCUT2D eigenvalue weighted by atomic mass is 10.1. The Bertz CT molecular complexity index is 853. The largest absolute Gasteiger partial charge is 0.454 e. The average Bonchev–Trinajstić information content (AvgIpc) is 3.26. The van der Waals surface area contributed by atoms with Crippen molar-refractivity contribution in [1.82, 2.24) is 5.32 Å². The third kappa shape index (κ3) is 3.08. The van der Waals surface area contributed by atoms with Crippen molar-refractivity contribution in [2.24, 2.45) is 5.92 Å². The van der Waals surface area contributed by atoms with Crippen LogP contribution >= 0.6 is 0 Å². The van der Waals surface area contributed by atoms with Crippen molar-refractivity contribution < 1.29 is 23.5 Å². The molecule has 0 unspecified atom stereocenters. The van der Waals surface area contributed by atoms with Gasteiger partial charge in [0.25, 0.3) is 0 Å². The van der Waals surface area contributed by atoms with E-state index in [1.54, 1.807) is 18.2 Å². The monoisotopic (exact) mass is 356 g/mol. The van der Waals surface area contributed by atoms with Gasteiger partial charge >= 0.3 is 0 Å². The molecule has 1 fully saturated rings. The topological polar surface area (TPSA) is 67.9 Å². The van der Waals surface area contributed by atoms with Gasteiger partial charge in [0.15, 0.2) is 11.5 Å². The molecule has 2 aliphatic rings. The summed E-state index contributed by atoms with van der Waals surface area (Å²) in [5.41, 5.74) is 1.46. The zero-order chi connectivity index (χ0) is 18.1. The van der Waals surface area contributed by atoms with Gasteiger partial charge in [0.1, 0.15) is 11.7 Å². The molecule has 2 aromatic carbocycles. The minimum Gasteiger partial charge on any atom is -0.454 e. The summed E-state index contributed by atoms with van der Waals surface area (Å²) in [6.45, 7) is 0.934. The number of hydrogen-bond donors (Lipinski definition) is 1. The number of rotatable bonds is 4. The van der Waals surface area contributed by atoms with E-state index in [0.29, 0.717) is 36.7 Å². The standard InChI is InChI=1S/C19H17FN2O4/c20-13-2-4-14(5-3-13)22-8-7-15(19(22)24)18(23)21-10-12-1-6-16-17(9-12)26-11-25-16/h1-6,9,15H,7-8,10-11H2,(H,21,23)/t15-/m1/s1. The lowest BCUT2D eigenvalue weighted by molar-refractivity contribution is -0.132. The van der Waals surface area contributed by atoms with Crippen LogP contribution < -0.4 is 19.7 Å². The highest BCUT2D eigenvalue weighted by molar-refractivity contribution is 6.09. The molecule has 2 heterocycles. The summed E-state index contributed by atoms with van der Waals surface area (Å²) in [5.74, 6) is -0.332. The highest BCUT2D eigenvalue weighted by Gasteiger charge is 2.37. The van der Waals surface area contributed by atoms with E-state index < -0.39 is 5.92 Å². The van der Waals surface area contributed by atoms with Crippen LogP contribution in [0, 0.1) is 11.7 Å². The van der Waals surface area contributed by atoms with Crippen molar-refractivity contribution in [2.45, 2.75) is 13.0 Å². The SMILES string of the molecule is O=C(NCc1ccc2c(c1)OCO2)[C@H]1CCN(c2ccc(F)cc2)C1=O. The number of nitrogens with one attached hydrogen (secondary N) is 1. The van der Waals surface area contributed by atoms with E-state index in [2.05, 4.69) is 5.32 Å². The Morgan fingerprint density at radius 2 is 1.92 bits per heavy atom. The first-order valence-electron chi connectivity index (χ1n) is 8.35. The zero-order valence-electron chi connectivity index (χ0n) is 13.9. The maximum atomic E-state index is 13.0. The van der Waals surface area contributed by atoms with E-state index in [0.717, 1.165) is 5.56 Å². The molecule has 2 amide bonds. The summed E-state index contributed by atoms with van der Waals surface area (Å²) < 4.78 is 23.6. The number of fused-ring (bicyclic) bond motifs is 1. The van der Waals surface area contributed by atoms with Crippen molar-refractivity contribution in [3.05, 3.63) is 53.8 Å². The van der Waals surface area contributed by atoms with E-state index in [1.165, 1.54) is 17.0 Å². The number of carbonyl (C=O) groups excluding carboxylic acids is 2. The van der Waals surface area contributed by atoms with Crippen LogP contribution in [0.25, 0.3) is 0 Å². The van der Waals surface area contributed by atoms with Crippen LogP contribution in [0.2, 0.25) is 0 Å². The van der Waals surface area contributed by atoms with Crippen LogP contribution in [0.5, 0.6) is 11.5 Å². The molecule has 7 heteroatoms. The van der Waals surface area contributed by atoms with Crippen LogP contribution in [0.3, 0.4) is 0 Å². The Hall–Kier alpha value is -3.09. The Balaban J connectivity index is 1.38. The number of halogens is 1. The van der Waals surface area contributed by atoms with Gasteiger partial charge in [0, 0.05) is 18.8 Å². The number of benzene rings is 2. The molecular weight excluding hydrogens is 339 g/mol. The first kappa shape index (κ1) is 16.4. The van der Waals surface area contributed by atoms with Crippen molar-refractivity contribution in [3.8, 4) is 11.5 Å². The Morgan fingerprint density at radius 3 is 2.73 bits per heavy atom. The molecule has 6 nitrogen and oxygen atoms in total. The molecule has 1 N–H and O–H groups in total. The summed E-state index contributed by atoms with van der Waals surface area (Å²) in [6, 6.07) is 11.1. The summed E-state index contributed by atoms with van der Waals surface area (Å²) >= 11 is 0. The summed E-state index contributed by atoms with van der Waals surface area (Å²) in [5, 5.41) is 2.80. The smallest absolute Gasteiger partial charge is 0.239 e. The van der Waals surface area contributed by atoms with Gasteiger partial charge in [-0.25, -0.2) is 4.39 Å². The molecule has 0 aliphatic carbocycles. The fourth-order valence-corrected chi connectivity index (χ4v) is 3.16. The second-order valence-electron chi connectivity index (χ2n) is 6.21. The average molecular weight is 356 g/mol.